The molecular weight excluding hydrogens is 286 g/mol. The molecule has 0 N–H and O–H groups in total. The van der Waals surface area contributed by atoms with E-state index in [0.29, 0.717) is 5.82 Å². The molecular formula is C14H13N5O3. The second-order valence-electron chi connectivity index (χ2n) is 4.67. The fraction of sp³-hybridized carbons (Fsp3) is 0.214. The number of hydrogen-bond donors (Lipinski definition) is 0. The number of nitrogens with zero attached hydrogens (tertiary/aromatic N) is 5. The summed E-state index contributed by atoms with van der Waals surface area (Å²) in [4.78, 5) is 14.6. The SMILES string of the molecule is CCc1ccc(-c2noc(Cn3nccc3[N+](=O)[O-])n2)cc1. The topological polar surface area (TPSA) is 99.9 Å². The Morgan fingerprint density at radius 3 is 2.73 bits per heavy atom. The van der Waals surface area contributed by atoms with E-state index in [0.717, 1.165) is 12.0 Å². The molecule has 0 saturated carbocycles. The highest BCUT2D eigenvalue weighted by atomic mass is 16.6. The zero-order chi connectivity index (χ0) is 15.5. The molecule has 0 atom stereocenters. The lowest BCUT2D eigenvalue weighted by molar-refractivity contribution is -0.392. The average Bonchev–Trinajstić information content (AvgIpc) is 3.17. The maximum Gasteiger partial charge on any atom is 0.345 e. The molecule has 8 heteroatoms. The van der Waals surface area contributed by atoms with Crippen LogP contribution in [0.2, 0.25) is 0 Å². The maximum atomic E-state index is 10.8. The number of rotatable bonds is 5. The number of nitro groups is 1. The predicted molar refractivity (Wildman–Crippen MR) is 77.1 cm³/mol. The van der Waals surface area contributed by atoms with Gasteiger partial charge in [0.15, 0.2) is 6.54 Å². The lowest BCUT2D eigenvalue weighted by Crippen LogP contribution is -2.06. The Kier molecular flexibility index (Phi) is 3.65. The smallest absolute Gasteiger partial charge is 0.345 e. The van der Waals surface area contributed by atoms with E-state index in [-0.39, 0.29) is 18.3 Å². The number of aryl methyl sites for hydroxylation is 1. The fourth-order valence-corrected chi connectivity index (χ4v) is 2.06. The van der Waals surface area contributed by atoms with Crippen molar-refractivity contribution in [1.29, 1.82) is 0 Å². The molecule has 0 aliphatic heterocycles. The van der Waals surface area contributed by atoms with Crippen molar-refractivity contribution in [3.63, 3.8) is 0 Å². The summed E-state index contributed by atoms with van der Waals surface area (Å²) < 4.78 is 6.34. The van der Waals surface area contributed by atoms with E-state index in [1.165, 1.54) is 22.5 Å². The van der Waals surface area contributed by atoms with Crippen molar-refractivity contribution >= 4 is 5.82 Å². The third kappa shape index (κ3) is 2.71. The highest BCUT2D eigenvalue weighted by molar-refractivity contribution is 5.54. The van der Waals surface area contributed by atoms with Crippen LogP contribution in [-0.2, 0) is 13.0 Å². The highest BCUT2D eigenvalue weighted by Crippen LogP contribution is 2.18. The van der Waals surface area contributed by atoms with Gasteiger partial charge in [-0.2, -0.15) is 4.98 Å². The molecule has 3 rings (SSSR count). The van der Waals surface area contributed by atoms with Gasteiger partial charge in [-0.3, -0.25) is 0 Å². The quantitative estimate of drug-likeness (QED) is 0.530. The highest BCUT2D eigenvalue weighted by Gasteiger charge is 2.18. The Bertz CT molecular complexity index is 791. The molecule has 8 nitrogen and oxygen atoms in total. The van der Waals surface area contributed by atoms with Gasteiger partial charge >= 0.3 is 5.82 Å². The molecule has 0 unspecified atom stereocenters. The summed E-state index contributed by atoms with van der Waals surface area (Å²) in [5.74, 6) is 0.598. The number of benzene rings is 1. The van der Waals surface area contributed by atoms with Crippen LogP contribution in [0.15, 0.2) is 41.1 Å². The molecule has 1 aromatic carbocycles. The van der Waals surface area contributed by atoms with Crippen molar-refractivity contribution in [1.82, 2.24) is 19.9 Å². The summed E-state index contributed by atoms with van der Waals surface area (Å²) >= 11 is 0. The van der Waals surface area contributed by atoms with E-state index in [1.54, 1.807) is 0 Å². The Morgan fingerprint density at radius 2 is 2.05 bits per heavy atom. The molecule has 3 aromatic rings. The van der Waals surface area contributed by atoms with E-state index < -0.39 is 4.92 Å². The second kappa shape index (κ2) is 5.76. The fourth-order valence-electron chi connectivity index (χ4n) is 2.06. The normalized spacial score (nSPS) is 10.8. The summed E-state index contributed by atoms with van der Waals surface area (Å²) in [6.07, 6.45) is 2.32. The van der Waals surface area contributed by atoms with Crippen molar-refractivity contribution in [2.75, 3.05) is 0 Å². The molecule has 112 valence electrons. The van der Waals surface area contributed by atoms with Gasteiger partial charge in [0, 0.05) is 5.56 Å². The van der Waals surface area contributed by atoms with E-state index in [2.05, 4.69) is 22.2 Å². The molecule has 0 aliphatic rings. The van der Waals surface area contributed by atoms with Gasteiger partial charge in [0.05, 0.1) is 12.3 Å². The third-order valence-corrected chi connectivity index (χ3v) is 3.25. The van der Waals surface area contributed by atoms with Crippen LogP contribution in [0.5, 0.6) is 0 Å². The standard InChI is InChI=1S/C14H13N5O3/c1-2-10-3-5-11(6-4-10)14-16-12(22-17-14)9-18-13(19(20)21)7-8-15-18/h3-8H,2,9H2,1H3. The van der Waals surface area contributed by atoms with Gasteiger partial charge in [-0.15, -0.1) is 4.68 Å². The van der Waals surface area contributed by atoms with Gasteiger partial charge in [-0.1, -0.05) is 41.4 Å². The zero-order valence-corrected chi connectivity index (χ0v) is 11.8. The number of aromatic nitrogens is 4. The molecule has 2 aromatic heterocycles. The minimum Gasteiger partial charge on any atom is -0.358 e. The lowest BCUT2D eigenvalue weighted by Gasteiger charge is -1.97. The summed E-state index contributed by atoms with van der Waals surface area (Å²) in [6, 6.07) is 9.17. The van der Waals surface area contributed by atoms with Crippen molar-refractivity contribution in [2.24, 2.45) is 0 Å². The second-order valence-corrected chi connectivity index (χ2v) is 4.67. The van der Waals surface area contributed by atoms with Crippen LogP contribution in [0.1, 0.15) is 18.4 Å². The first-order valence-corrected chi connectivity index (χ1v) is 6.75. The van der Waals surface area contributed by atoms with Gasteiger partial charge < -0.3 is 14.6 Å². The van der Waals surface area contributed by atoms with E-state index in [1.807, 2.05) is 24.3 Å². The average molecular weight is 299 g/mol. The van der Waals surface area contributed by atoms with Gasteiger partial charge in [0.25, 0.3) is 5.89 Å². The minimum atomic E-state index is -0.506. The van der Waals surface area contributed by atoms with E-state index >= 15 is 0 Å². The first-order valence-electron chi connectivity index (χ1n) is 6.75. The maximum absolute atomic E-state index is 10.8. The van der Waals surface area contributed by atoms with Gasteiger partial charge in [0.2, 0.25) is 5.82 Å². The first-order chi connectivity index (χ1) is 10.7. The lowest BCUT2D eigenvalue weighted by atomic mass is 10.1. The van der Waals surface area contributed by atoms with Crippen LogP contribution in [0.3, 0.4) is 0 Å². The molecule has 0 spiro atoms. The van der Waals surface area contributed by atoms with Crippen molar-refractivity contribution < 1.29 is 9.45 Å². The molecule has 2 heterocycles. The summed E-state index contributed by atoms with van der Waals surface area (Å²) in [5.41, 5.74) is 2.06. The zero-order valence-electron chi connectivity index (χ0n) is 11.8. The molecule has 0 amide bonds. The van der Waals surface area contributed by atoms with E-state index in [4.69, 9.17) is 4.52 Å². The van der Waals surface area contributed by atoms with Crippen LogP contribution in [0, 0.1) is 10.1 Å². The summed E-state index contributed by atoms with van der Waals surface area (Å²) in [7, 11) is 0. The van der Waals surface area contributed by atoms with Gasteiger partial charge in [-0.25, -0.2) is 0 Å². The Morgan fingerprint density at radius 1 is 1.27 bits per heavy atom. The van der Waals surface area contributed by atoms with Gasteiger partial charge in [0.1, 0.15) is 0 Å². The largest absolute Gasteiger partial charge is 0.358 e. The molecule has 22 heavy (non-hydrogen) atoms. The molecule has 0 aliphatic carbocycles. The van der Waals surface area contributed by atoms with Crippen LogP contribution in [0.4, 0.5) is 5.82 Å². The van der Waals surface area contributed by atoms with E-state index in [9.17, 15) is 10.1 Å². The molecule has 0 saturated heterocycles. The van der Waals surface area contributed by atoms with Crippen molar-refractivity contribution in [2.45, 2.75) is 19.9 Å². The van der Waals surface area contributed by atoms with Crippen LogP contribution in [0.25, 0.3) is 11.4 Å². The first kappa shape index (κ1) is 13.9. The Balaban J connectivity index is 1.81. The third-order valence-electron chi connectivity index (χ3n) is 3.25. The molecule has 0 bridgehead atoms. The van der Waals surface area contributed by atoms with Crippen LogP contribution >= 0.6 is 0 Å². The summed E-state index contributed by atoms with van der Waals surface area (Å²) in [6.45, 7) is 2.14. The van der Waals surface area contributed by atoms with Crippen molar-refractivity contribution in [3.05, 3.63) is 58.1 Å². The molecule has 0 fully saturated rings. The monoisotopic (exact) mass is 299 g/mol. The molecule has 0 radical (unpaired) electrons. The Labute approximate surface area is 125 Å². The van der Waals surface area contributed by atoms with Crippen LogP contribution < -0.4 is 0 Å². The predicted octanol–water partition coefficient (Wildman–Crippen LogP) is 2.45. The number of hydrogen-bond acceptors (Lipinski definition) is 6. The van der Waals surface area contributed by atoms with Crippen LogP contribution in [-0.4, -0.2) is 24.8 Å². The minimum absolute atomic E-state index is 0.0589. The Hall–Kier alpha value is -3.03. The van der Waals surface area contributed by atoms with Crippen molar-refractivity contribution in [3.8, 4) is 11.4 Å². The van der Waals surface area contributed by atoms with Gasteiger partial charge in [-0.05, 0) is 16.9 Å². The summed E-state index contributed by atoms with van der Waals surface area (Å²) in [5, 5.41) is 18.6.